The number of allylic oxidation sites excluding steroid dienone is 2. The fourth-order valence-corrected chi connectivity index (χ4v) is 3.47. The van der Waals surface area contributed by atoms with Gasteiger partial charge in [0.1, 0.15) is 0 Å². The number of aryl methyl sites for hydroxylation is 1. The van der Waals surface area contributed by atoms with E-state index in [0.717, 1.165) is 16.7 Å². The lowest BCUT2D eigenvalue weighted by atomic mass is 10.0. The van der Waals surface area contributed by atoms with Gasteiger partial charge in [-0.2, -0.15) is 4.98 Å². The number of aromatic nitrogens is 2. The third kappa shape index (κ3) is 5.23. The third-order valence-electron chi connectivity index (χ3n) is 5.07. The molecule has 1 aromatic heterocycles. The highest BCUT2D eigenvalue weighted by atomic mass is 16.5. The number of carbonyl (C=O) groups excluding carboxylic acids is 1. The topological polar surface area (TPSA) is 98.8 Å². The molecule has 0 bridgehead atoms. The quantitative estimate of drug-likeness (QED) is 0.522. The van der Waals surface area contributed by atoms with Crippen molar-refractivity contribution in [3.05, 3.63) is 71.5 Å². The Morgan fingerprint density at radius 3 is 2.71 bits per heavy atom. The molecule has 0 spiro atoms. The summed E-state index contributed by atoms with van der Waals surface area (Å²) in [5.74, 6) is 1.90. The van der Waals surface area contributed by atoms with Crippen LogP contribution in [0.1, 0.15) is 29.8 Å². The van der Waals surface area contributed by atoms with E-state index >= 15 is 0 Å². The van der Waals surface area contributed by atoms with Crippen molar-refractivity contribution in [2.24, 2.45) is 4.99 Å². The highest BCUT2D eigenvalue weighted by Crippen LogP contribution is 2.33. The van der Waals surface area contributed by atoms with Gasteiger partial charge in [-0.15, -0.1) is 0 Å². The van der Waals surface area contributed by atoms with Gasteiger partial charge in [-0.25, -0.2) is 0 Å². The second kappa shape index (κ2) is 10.6. The highest BCUT2D eigenvalue weighted by Gasteiger charge is 2.16. The van der Waals surface area contributed by atoms with Crippen LogP contribution in [0.2, 0.25) is 0 Å². The molecule has 3 aromatic rings. The lowest BCUT2D eigenvalue weighted by Crippen LogP contribution is -2.22. The van der Waals surface area contributed by atoms with Gasteiger partial charge in [0.05, 0.1) is 19.8 Å². The summed E-state index contributed by atoms with van der Waals surface area (Å²) in [5, 5.41) is 7.03. The Kier molecular flexibility index (Phi) is 7.17. The maximum absolute atomic E-state index is 12.7. The summed E-state index contributed by atoms with van der Waals surface area (Å²) in [7, 11) is 0. The first-order valence-electron chi connectivity index (χ1n) is 11.1. The van der Waals surface area contributed by atoms with Crippen LogP contribution in [0.15, 0.2) is 69.8 Å². The van der Waals surface area contributed by atoms with Crippen molar-refractivity contribution in [1.82, 2.24) is 15.5 Å². The van der Waals surface area contributed by atoms with Crippen molar-refractivity contribution in [1.29, 1.82) is 0 Å². The number of aliphatic imine (C=N–C) groups is 1. The molecule has 4 rings (SSSR count). The maximum Gasteiger partial charge on any atom is 0.258 e. The number of benzene rings is 2. The normalized spacial score (nSPS) is 12.7. The lowest BCUT2D eigenvalue weighted by Gasteiger charge is -2.11. The molecule has 34 heavy (non-hydrogen) atoms. The van der Waals surface area contributed by atoms with E-state index in [9.17, 15) is 4.79 Å². The van der Waals surface area contributed by atoms with Gasteiger partial charge >= 0.3 is 0 Å². The predicted molar refractivity (Wildman–Crippen MR) is 130 cm³/mol. The average Bonchev–Trinajstić information content (AvgIpc) is 3.18. The minimum atomic E-state index is -0.201. The molecule has 0 fully saturated rings. The van der Waals surface area contributed by atoms with Gasteiger partial charge in [0.25, 0.3) is 11.8 Å². The number of nitrogens with one attached hydrogen (secondary N) is 1. The Balaban J connectivity index is 1.54. The number of rotatable bonds is 8. The number of carbonyl (C=O) groups is 1. The van der Waals surface area contributed by atoms with Crippen LogP contribution in [-0.2, 0) is 0 Å². The summed E-state index contributed by atoms with van der Waals surface area (Å²) >= 11 is 0. The van der Waals surface area contributed by atoms with Crippen molar-refractivity contribution >= 4 is 12.1 Å². The molecule has 2 heterocycles. The summed E-state index contributed by atoms with van der Waals surface area (Å²) in [6.07, 6.45) is 7.17. The molecule has 2 aromatic carbocycles. The summed E-state index contributed by atoms with van der Waals surface area (Å²) in [5.41, 5.74) is 3.59. The van der Waals surface area contributed by atoms with E-state index < -0.39 is 0 Å². The molecule has 0 radical (unpaired) electrons. The standard InChI is InChI=1S/C26H26N4O4/c1-4-32-22-11-9-19(16-23(22)33-5-2)26-29-24(30-34-26)21-10-8-18(15-17(21)3)25(31)28-20-7-6-13-27-14-12-20/h6-12,14-16H,4-5,13H2,1-3H3,(H,28,31). The second-order valence-corrected chi connectivity index (χ2v) is 7.47. The van der Waals surface area contributed by atoms with E-state index in [1.165, 1.54) is 0 Å². The zero-order valence-corrected chi connectivity index (χ0v) is 19.4. The van der Waals surface area contributed by atoms with Crippen LogP contribution in [0.3, 0.4) is 0 Å². The third-order valence-corrected chi connectivity index (χ3v) is 5.07. The fraction of sp³-hybridized carbons (Fsp3) is 0.231. The van der Waals surface area contributed by atoms with E-state index in [1.54, 1.807) is 24.4 Å². The monoisotopic (exact) mass is 458 g/mol. The summed E-state index contributed by atoms with van der Waals surface area (Å²) in [6, 6.07) is 10.9. The summed E-state index contributed by atoms with van der Waals surface area (Å²) < 4.78 is 16.8. The van der Waals surface area contributed by atoms with Gasteiger partial charge < -0.3 is 19.3 Å². The fourth-order valence-electron chi connectivity index (χ4n) is 3.47. The van der Waals surface area contributed by atoms with Crippen molar-refractivity contribution in [2.45, 2.75) is 20.8 Å². The zero-order valence-electron chi connectivity index (χ0n) is 19.4. The van der Waals surface area contributed by atoms with Crippen LogP contribution < -0.4 is 14.8 Å². The summed E-state index contributed by atoms with van der Waals surface area (Å²) in [6.45, 7) is 7.40. The van der Waals surface area contributed by atoms with E-state index in [4.69, 9.17) is 14.0 Å². The molecule has 1 aliphatic heterocycles. The minimum absolute atomic E-state index is 0.201. The molecule has 0 aliphatic carbocycles. The highest BCUT2D eigenvalue weighted by molar-refractivity contribution is 5.96. The maximum atomic E-state index is 12.7. The minimum Gasteiger partial charge on any atom is -0.490 e. The average molecular weight is 459 g/mol. The Morgan fingerprint density at radius 1 is 1.09 bits per heavy atom. The number of hydrogen-bond acceptors (Lipinski definition) is 7. The Hall–Kier alpha value is -4.20. The molecule has 174 valence electrons. The predicted octanol–water partition coefficient (Wildman–Crippen LogP) is 4.76. The van der Waals surface area contributed by atoms with E-state index in [-0.39, 0.29) is 5.91 Å². The Morgan fingerprint density at radius 2 is 1.91 bits per heavy atom. The number of amides is 1. The molecule has 0 unspecified atom stereocenters. The van der Waals surface area contributed by atoms with Gasteiger partial charge in [0, 0.05) is 28.6 Å². The van der Waals surface area contributed by atoms with Crippen LogP contribution in [0.5, 0.6) is 11.5 Å². The Labute approximate surface area is 198 Å². The smallest absolute Gasteiger partial charge is 0.258 e. The Bertz CT molecular complexity index is 1270. The molecule has 0 saturated heterocycles. The zero-order chi connectivity index (χ0) is 23.9. The van der Waals surface area contributed by atoms with Gasteiger partial charge in [-0.3, -0.25) is 9.79 Å². The molecule has 8 heteroatoms. The number of ether oxygens (including phenoxy) is 2. The van der Waals surface area contributed by atoms with Crippen LogP contribution in [0.25, 0.3) is 22.8 Å². The first-order chi connectivity index (χ1) is 16.6. The van der Waals surface area contributed by atoms with Gasteiger partial charge in [0.2, 0.25) is 5.82 Å². The van der Waals surface area contributed by atoms with Crippen molar-refractivity contribution in [3.8, 4) is 34.3 Å². The molecule has 0 atom stereocenters. The lowest BCUT2D eigenvalue weighted by molar-refractivity contribution is 0.0967. The molecular formula is C26H26N4O4. The molecule has 1 amide bonds. The molecule has 1 aliphatic rings. The number of hydrogen-bond donors (Lipinski definition) is 1. The number of nitrogens with zero attached hydrogens (tertiary/aromatic N) is 3. The molecule has 8 nitrogen and oxygen atoms in total. The SMILES string of the molecule is CCOc1ccc(-c2nc(-c3ccc(C(=O)NC4=CC=NCC=C4)cc3C)no2)cc1OCC. The summed E-state index contributed by atoms with van der Waals surface area (Å²) in [4.78, 5) is 21.4. The van der Waals surface area contributed by atoms with Crippen LogP contribution in [0.4, 0.5) is 0 Å². The van der Waals surface area contributed by atoms with Gasteiger partial charge in [-0.1, -0.05) is 17.3 Å². The second-order valence-electron chi connectivity index (χ2n) is 7.47. The van der Waals surface area contributed by atoms with Gasteiger partial charge in [0.15, 0.2) is 11.5 Å². The van der Waals surface area contributed by atoms with Crippen molar-refractivity contribution < 1.29 is 18.8 Å². The van der Waals surface area contributed by atoms with Crippen molar-refractivity contribution in [3.63, 3.8) is 0 Å². The first kappa shape index (κ1) is 23.0. The van der Waals surface area contributed by atoms with Crippen LogP contribution in [-0.4, -0.2) is 42.0 Å². The van der Waals surface area contributed by atoms with E-state index in [1.807, 2.05) is 57.2 Å². The van der Waals surface area contributed by atoms with E-state index in [2.05, 4.69) is 20.4 Å². The van der Waals surface area contributed by atoms with Gasteiger partial charge in [-0.05, 0) is 68.8 Å². The molecular weight excluding hydrogens is 432 g/mol. The molecule has 0 saturated carbocycles. The van der Waals surface area contributed by atoms with E-state index in [0.29, 0.717) is 54.2 Å². The van der Waals surface area contributed by atoms with Crippen molar-refractivity contribution in [2.75, 3.05) is 19.8 Å². The largest absolute Gasteiger partial charge is 0.490 e. The van der Waals surface area contributed by atoms with Crippen LogP contribution in [0, 0.1) is 6.92 Å². The first-order valence-corrected chi connectivity index (χ1v) is 11.1. The van der Waals surface area contributed by atoms with Crippen LogP contribution >= 0.6 is 0 Å². The molecule has 1 N–H and O–H groups in total.